The van der Waals surface area contributed by atoms with Gasteiger partial charge in [0.05, 0.1) is 0 Å². The van der Waals surface area contributed by atoms with Crippen molar-refractivity contribution in [2.24, 2.45) is 0 Å². The lowest BCUT2D eigenvalue weighted by Crippen LogP contribution is -2.55. The molecule has 0 saturated carbocycles. The highest BCUT2D eigenvalue weighted by Crippen LogP contribution is 2.31. The normalized spacial score (nSPS) is 16.0. The standard InChI is InChI=1S/C36H39FN2O/c37-33-24-22-31(23-25-33)28-38-26-27-39(36(40)35(38)32-18-8-3-9-19-32)34(20-10-16-29-12-4-1-5-13-29)21-11-17-30-14-6-2-7-15-30/h1-9,12-15,18-19,22-25,34-35H,10-11,16-17,20-21,26-28H2. The minimum atomic E-state index is -0.342. The Hall–Kier alpha value is -3.76. The van der Waals surface area contributed by atoms with Crippen molar-refractivity contribution in [3.8, 4) is 0 Å². The molecule has 0 spiro atoms. The molecular weight excluding hydrogens is 495 g/mol. The van der Waals surface area contributed by atoms with Crippen molar-refractivity contribution in [1.29, 1.82) is 0 Å². The van der Waals surface area contributed by atoms with Crippen molar-refractivity contribution in [3.63, 3.8) is 0 Å². The van der Waals surface area contributed by atoms with Gasteiger partial charge in [-0.25, -0.2) is 4.39 Å². The third kappa shape index (κ3) is 7.45. The Morgan fingerprint density at radius 3 is 1.73 bits per heavy atom. The summed E-state index contributed by atoms with van der Waals surface area (Å²) in [5, 5.41) is 0. The summed E-state index contributed by atoms with van der Waals surface area (Å²) in [7, 11) is 0. The molecule has 40 heavy (non-hydrogen) atoms. The molecule has 1 atom stereocenters. The lowest BCUT2D eigenvalue weighted by atomic mass is 9.94. The minimum Gasteiger partial charge on any atom is -0.337 e. The predicted octanol–water partition coefficient (Wildman–Crippen LogP) is 7.63. The van der Waals surface area contributed by atoms with Crippen molar-refractivity contribution >= 4 is 5.91 Å². The number of benzene rings is 4. The largest absolute Gasteiger partial charge is 0.337 e. The molecule has 1 saturated heterocycles. The lowest BCUT2D eigenvalue weighted by Gasteiger charge is -2.44. The molecule has 206 valence electrons. The van der Waals surface area contributed by atoms with Crippen LogP contribution in [-0.4, -0.2) is 34.8 Å². The molecule has 1 aliphatic rings. The summed E-state index contributed by atoms with van der Waals surface area (Å²) < 4.78 is 13.6. The van der Waals surface area contributed by atoms with Crippen LogP contribution in [0.15, 0.2) is 115 Å². The molecule has 0 aliphatic carbocycles. The van der Waals surface area contributed by atoms with Gasteiger partial charge in [-0.2, -0.15) is 0 Å². The second-order valence-electron chi connectivity index (χ2n) is 10.9. The van der Waals surface area contributed by atoms with E-state index in [4.69, 9.17) is 0 Å². The molecule has 0 bridgehead atoms. The average molecular weight is 535 g/mol. The average Bonchev–Trinajstić information content (AvgIpc) is 2.99. The Morgan fingerprint density at radius 1 is 0.650 bits per heavy atom. The molecule has 4 heteroatoms. The minimum absolute atomic E-state index is 0.184. The summed E-state index contributed by atoms with van der Waals surface area (Å²) in [5.74, 6) is -0.0536. The third-order valence-electron chi connectivity index (χ3n) is 8.06. The Labute approximate surface area is 238 Å². The zero-order valence-electron chi connectivity index (χ0n) is 23.2. The highest BCUT2D eigenvalue weighted by Gasteiger charge is 2.38. The van der Waals surface area contributed by atoms with Crippen molar-refractivity contribution in [1.82, 2.24) is 9.80 Å². The molecule has 1 amide bonds. The van der Waals surface area contributed by atoms with E-state index >= 15 is 0 Å². The molecule has 0 aromatic heterocycles. The number of rotatable bonds is 12. The van der Waals surface area contributed by atoms with Gasteiger partial charge in [0, 0.05) is 25.7 Å². The van der Waals surface area contributed by atoms with Crippen LogP contribution in [-0.2, 0) is 24.2 Å². The smallest absolute Gasteiger partial charge is 0.244 e. The van der Waals surface area contributed by atoms with Gasteiger partial charge >= 0.3 is 0 Å². The van der Waals surface area contributed by atoms with Crippen molar-refractivity contribution in [2.45, 2.75) is 57.2 Å². The first-order valence-corrected chi connectivity index (χ1v) is 14.6. The molecule has 3 nitrogen and oxygen atoms in total. The molecule has 4 aromatic carbocycles. The number of carbonyl (C=O) groups is 1. The molecule has 4 aromatic rings. The lowest BCUT2D eigenvalue weighted by molar-refractivity contribution is -0.146. The second kappa shape index (κ2) is 14.0. The summed E-state index contributed by atoms with van der Waals surface area (Å²) in [4.78, 5) is 18.7. The summed E-state index contributed by atoms with van der Waals surface area (Å²) in [6.07, 6.45) is 6.15. The topological polar surface area (TPSA) is 23.6 Å². The van der Waals surface area contributed by atoms with Gasteiger partial charge in [-0.05, 0) is 72.9 Å². The molecule has 5 rings (SSSR count). The Balaban J connectivity index is 1.33. The molecular formula is C36H39FN2O. The number of hydrogen-bond acceptors (Lipinski definition) is 2. The number of aryl methyl sites for hydroxylation is 2. The molecule has 1 fully saturated rings. The summed E-state index contributed by atoms with van der Waals surface area (Å²) in [6.45, 7) is 2.12. The van der Waals surface area contributed by atoms with E-state index in [0.717, 1.165) is 56.2 Å². The molecule has 1 heterocycles. The van der Waals surface area contributed by atoms with Gasteiger partial charge in [-0.15, -0.1) is 0 Å². The van der Waals surface area contributed by atoms with E-state index in [1.165, 1.54) is 23.3 Å². The number of piperazine rings is 1. The highest BCUT2D eigenvalue weighted by atomic mass is 19.1. The van der Waals surface area contributed by atoms with E-state index in [-0.39, 0.29) is 23.8 Å². The van der Waals surface area contributed by atoms with Gasteiger partial charge in [0.1, 0.15) is 11.9 Å². The van der Waals surface area contributed by atoms with Crippen LogP contribution in [0.5, 0.6) is 0 Å². The van der Waals surface area contributed by atoms with Gasteiger partial charge in [0.15, 0.2) is 0 Å². The van der Waals surface area contributed by atoms with Crippen LogP contribution in [0.2, 0.25) is 0 Å². The van der Waals surface area contributed by atoms with Gasteiger partial charge in [0.25, 0.3) is 0 Å². The zero-order chi connectivity index (χ0) is 27.6. The molecule has 1 unspecified atom stereocenters. The first-order valence-electron chi connectivity index (χ1n) is 14.6. The van der Waals surface area contributed by atoms with E-state index in [0.29, 0.717) is 13.1 Å². The fourth-order valence-electron chi connectivity index (χ4n) is 5.96. The van der Waals surface area contributed by atoms with Gasteiger partial charge in [-0.1, -0.05) is 103 Å². The molecule has 0 N–H and O–H groups in total. The summed E-state index contributed by atoms with van der Waals surface area (Å²) >= 11 is 0. The van der Waals surface area contributed by atoms with Gasteiger partial charge in [-0.3, -0.25) is 9.69 Å². The number of nitrogens with zero attached hydrogens (tertiary/aromatic N) is 2. The maximum atomic E-state index is 14.3. The van der Waals surface area contributed by atoms with Crippen LogP contribution in [0.4, 0.5) is 4.39 Å². The third-order valence-corrected chi connectivity index (χ3v) is 8.06. The first-order chi connectivity index (χ1) is 19.7. The number of carbonyl (C=O) groups excluding carboxylic acids is 1. The Bertz CT molecular complexity index is 1270. The van der Waals surface area contributed by atoms with E-state index in [1.807, 2.05) is 30.3 Å². The number of hydrogen-bond donors (Lipinski definition) is 0. The Morgan fingerprint density at radius 2 is 1.18 bits per heavy atom. The van der Waals surface area contributed by atoms with Crippen LogP contribution >= 0.6 is 0 Å². The highest BCUT2D eigenvalue weighted by molar-refractivity contribution is 5.84. The van der Waals surface area contributed by atoms with Crippen molar-refractivity contribution < 1.29 is 9.18 Å². The summed E-state index contributed by atoms with van der Waals surface area (Å²) in [5.41, 5.74) is 4.74. The van der Waals surface area contributed by atoms with Crippen LogP contribution < -0.4 is 0 Å². The molecule has 1 aliphatic heterocycles. The van der Waals surface area contributed by atoms with E-state index in [1.54, 1.807) is 0 Å². The fourth-order valence-corrected chi connectivity index (χ4v) is 5.96. The summed E-state index contributed by atoms with van der Waals surface area (Å²) in [6, 6.07) is 37.9. The van der Waals surface area contributed by atoms with Crippen LogP contribution in [0.25, 0.3) is 0 Å². The van der Waals surface area contributed by atoms with E-state index < -0.39 is 0 Å². The maximum Gasteiger partial charge on any atom is 0.244 e. The SMILES string of the molecule is O=C1C(c2ccccc2)N(Cc2ccc(F)cc2)CCN1C(CCCc1ccccc1)CCCc1ccccc1. The first kappa shape index (κ1) is 27.8. The molecule has 0 radical (unpaired) electrons. The number of amides is 1. The monoisotopic (exact) mass is 534 g/mol. The van der Waals surface area contributed by atoms with Crippen LogP contribution in [0.1, 0.15) is 54.0 Å². The Kier molecular flexibility index (Phi) is 9.76. The number of halogens is 1. The van der Waals surface area contributed by atoms with E-state index in [2.05, 4.69) is 82.6 Å². The zero-order valence-corrected chi connectivity index (χ0v) is 23.2. The second-order valence-corrected chi connectivity index (χ2v) is 10.9. The van der Waals surface area contributed by atoms with Gasteiger partial charge < -0.3 is 4.90 Å². The van der Waals surface area contributed by atoms with Crippen LogP contribution in [0.3, 0.4) is 0 Å². The quantitative estimate of drug-likeness (QED) is 0.187. The predicted molar refractivity (Wildman–Crippen MR) is 160 cm³/mol. The van der Waals surface area contributed by atoms with Crippen molar-refractivity contribution in [2.75, 3.05) is 13.1 Å². The maximum absolute atomic E-state index is 14.3. The van der Waals surface area contributed by atoms with E-state index in [9.17, 15) is 9.18 Å². The fraction of sp³-hybridized carbons (Fsp3) is 0.306. The van der Waals surface area contributed by atoms with Crippen LogP contribution in [0, 0.1) is 5.82 Å². The van der Waals surface area contributed by atoms with Gasteiger partial charge in [0.2, 0.25) is 5.91 Å². The van der Waals surface area contributed by atoms with Crippen molar-refractivity contribution in [3.05, 3.63) is 143 Å².